The van der Waals surface area contributed by atoms with E-state index in [9.17, 15) is 0 Å². The average Bonchev–Trinajstić information content (AvgIpc) is 4.11. The summed E-state index contributed by atoms with van der Waals surface area (Å²) >= 11 is 0. The third-order valence-electron chi connectivity index (χ3n) is 14.1. The number of ether oxygens (including phenoxy) is 2. The van der Waals surface area contributed by atoms with Crippen molar-refractivity contribution in [1.29, 1.82) is 0 Å². The topological polar surface area (TPSA) is 154 Å². The van der Waals surface area contributed by atoms with E-state index in [4.69, 9.17) is 39.2 Å². The van der Waals surface area contributed by atoms with E-state index >= 15 is 0 Å². The van der Waals surface area contributed by atoms with E-state index in [1.165, 1.54) is 49.4 Å². The molecule has 6 aromatic heterocycles. The summed E-state index contributed by atoms with van der Waals surface area (Å²) in [5.41, 5.74) is 14.9. The Kier molecular flexibility index (Phi) is 16.1. The number of hydrogen-bond acceptors (Lipinski definition) is 8. The SMILES string of the molecule is CC(=O)O.CC(=O)O.CC1(C)c2ccc(Oc3[c-]c(-c4ccccn4)ccc3)[c-]c2-n2c3ncccc3c3cccc1c32.CC1(C)c2ccc(Oc3cccc(-c4ccccn4)c3)cc2-n2c3ncccc3c3cccc1c32.[Pd+2].[Pd]. The van der Waals surface area contributed by atoms with Crippen LogP contribution in [-0.2, 0) is 61.3 Å². The average molecular weight is 1240 g/mol. The third kappa shape index (κ3) is 10.5. The Bertz CT molecular complexity index is 3990. The van der Waals surface area contributed by atoms with E-state index < -0.39 is 11.9 Å². The van der Waals surface area contributed by atoms with Crippen molar-refractivity contribution in [3.8, 4) is 56.9 Å². The van der Waals surface area contributed by atoms with Gasteiger partial charge in [0.2, 0.25) is 0 Å². The number of para-hydroxylation sites is 2. The van der Waals surface area contributed by atoms with Crippen LogP contribution in [-0.4, -0.2) is 51.2 Å². The molecule has 2 aliphatic heterocycles. The van der Waals surface area contributed by atoms with E-state index in [0.717, 1.165) is 75.9 Å². The number of aliphatic carboxylic acids is 2. The zero-order valence-corrected chi connectivity index (χ0v) is 47.4. The fraction of sp³-hybridized carbons (Fsp3) is 0.121. The molecule has 0 amide bonds. The molecule has 6 aromatic carbocycles. The van der Waals surface area contributed by atoms with Crippen LogP contribution in [0.15, 0.2) is 195 Å². The number of carboxylic acids is 2. The van der Waals surface area contributed by atoms with Crippen LogP contribution in [0.2, 0.25) is 0 Å². The summed E-state index contributed by atoms with van der Waals surface area (Å²) in [5, 5.41) is 19.6. The normalized spacial score (nSPS) is 12.6. The minimum Gasteiger partial charge on any atom is -0.503 e. The number of nitrogens with zero attached hydrogens (tertiary/aromatic N) is 6. The molecule has 0 fully saturated rings. The van der Waals surface area contributed by atoms with Gasteiger partial charge in [0.05, 0.1) is 22.4 Å². The van der Waals surface area contributed by atoms with Crippen LogP contribution >= 0.6 is 0 Å². The van der Waals surface area contributed by atoms with Crippen LogP contribution in [0.4, 0.5) is 0 Å². The summed E-state index contributed by atoms with van der Waals surface area (Å²) in [7, 11) is 0. The monoisotopic (exact) mass is 1240 g/mol. The third-order valence-corrected chi connectivity index (χ3v) is 14.1. The first-order valence-electron chi connectivity index (χ1n) is 25.4. The minimum absolute atomic E-state index is 0. The quantitative estimate of drug-likeness (QED) is 0.121. The van der Waals surface area contributed by atoms with Gasteiger partial charge < -0.3 is 29.2 Å². The molecule has 14 heteroatoms. The van der Waals surface area contributed by atoms with Crippen molar-refractivity contribution in [3.05, 3.63) is 229 Å². The molecule has 0 unspecified atom stereocenters. The summed E-state index contributed by atoms with van der Waals surface area (Å²) in [6, 6.07) is 64.6. The molecule has 0 bridgehead atoms. The van der Waals surface area contributed by atoms with Crippen molar-refractivity contribution in [2.24, 2.45) is 0 Å². The zero-order chi connectivity index (χ0) is 54.3. The van der Waals surface area contributed by atoms with Gasteiger partial charge in [-0.25, -0.2) is 9.97 Å². The molecule has 12 nitrogen and oxygen atoms in total. The molecule has 0 aliphatic carbocycles. The van der Waals surface area contributed by atoms with Crippen LogP contribution in [0.3, 0.4) is 0 Å². The van der Waals surface area contributed by atoms with E-state index in [2.05, 4.69) is 138 Å². The fourth-order valence-corrected chi connectivity index (χ4v) is 10.7. The number of carbonyl (C=O) groups is 2. The number of rotatable bonds is 6. The van der Waals surface area contributed by atoms with Crippen molar-refractivity contribution in [2.45, 2.75) is 52.4 Å². The second-order valence-electron chi connectivity index (χ2n) is 20.0. The van der Waals surface area contributed by atoms with Gasteiger partial charge in [-0.3, -0.25) is 19.1 Å². The Hall–Kier alpha value is -8.62. The molecule has 12 aromatic rings. The van der Waals surface area contributed by atoms with Crippen LogP contribution in [0.25, 0.3) is 77.8 Å². The van der Waals surface area contributed by atoms with Crippen LogP contribution in [0.5, 0.6) is 23.0 Å². The van der Waals surface area contributed by atoms with Crippen LogP contribution in [0.1, 0.15) is 63.8 Å². The number of carboxylic acid groups (broad SMARTS) is 2. The first kappa shape index (κ1) is 56.1. The molecule has 80 heavy (non-hydrogen) atoms. The van der Waals surface area contributed by atoms with Crippen molar-refractivity contribution in [1.82, 2.24) is 29.1 Å². The van der Waals surface area contributed by atoms with E-state index in [1.807, 2.05) is 110 Å². The summed E-state index contributed by atoms with van der Waals surface area (Å²) in [6.07, 6.45) is 7.31. The van der Waals surface area contributed by atoms with Gasteiger partial charge in [0.25, 0.3) is 11.9 Å². The largest absolute Gasteiger partial charge is 2.00 e. The predicted molar refractivity (Wildman–Crippen MR) is 305 cm³/mol. The second-order valence-corrected chi connectivity index (χ2v) is 20.0. The number of pyridine rings is 4. The maximum atomic E-state index is 9.00. The van der Waals surface area contributed by atoms with E-state index in [0.29, 0.717) is 11.5 Å². The Morgan fingerprint density at radius 3 is 1.61 bits per heavy atom. The molecule has 0 radical (unpaired) electrons. The summed E-state index contributed by atoms with van der Waals surface area (Å²) in [6.45, 7) is 11.3. The summed E-state index contributed by atoms with van der Waals surface area (Å²) in [5.74, 6) is 1.17. The van der Waals surface area contributed by atoms with Crippen molar-refractivity contribution >= 4 is 55.8 Å². The maximum Gasteiger partial charge on any atom is 2.00 e. The summed E-state index contributed by atoms with van der Waals surface area (Å²) < 4.78 is 17.2. The van der Waals surface area contributed by atoms with Gasteiger partial charge in [-0.1, -0.05) is 112 Å². The first-order valence-corrected chi connectivity index (χ1v) is 25.4. The van der Waals surface area contributed by atoms with Gasteiger partial charge in [-0.05, 0) is 88.5 Å². The molecule has 0 saturated carbocycles. The molecule has 0 spiro atoms. The Morgan fingerprint density at radius 1 is 0.475 bits per heavy atom. The number of fused-ring (bicyclic) bond motifs is 10. The molecule has 14 rings (SSSR count). The van der Waals surface area contributed by atoms with E-state index in [1.54, 1.807) is 6.20 Å². The maximum absolute atomic E-state index is 9.00. The number of hydrogen-bond donors (Lipinski definition) is 2. The van der Waals surface area contributed by atoms with Crippen molar-refractivity contribution < 1.29 is 70.1 Å². The van der Waals surface area contributed by atoms with Crippen molar-refractivity contribution in [2.75, 3.05) is 0 Å². The van der Waals surface area contributed by atoms with Gasteiger partial charge >= 0.3 is 20.4 Å². The molecule has 2 aliphatic rings. The van der Waals surface area contributed by atoms with Gasteiger partial charge in [0.15, 0.2) is 0 Å². The van der Waals surface area contributed by atoms with Crippen molar-refractivity contribution in [3.63, 3.8) is 0 Å². The van der Waals surface area contributed by atoms with Gasteiger partial charge in [-0.2, -0.15) is 6.07 Å². The molecule has 402 valence electrons. The van der Waals surface area contributed by atoms with Gasteiger partial charge in [0, 0.05) is 109 Å². The molecular weight excluding hydrogens is 1190 g/mol. The standard InChI is InChI=1S/C31H23N3O.C31H21N3O.2C2H4O2.2Pd/c2*1-31(2)25-15-14-22(35-21-9-5-8-20(18-21)27-13-3-4-16-32-27)19-28(25)34-29-23(10-6-12-26(29)31)24-11-7-17-33-30(24)34;2*1-2(3)4;;/h3-19H,1-2H3;3-17H,1-2H3;2*1H3,(H,3,4);;/q;-2;;;;+2. The molecule has 0 atom stereocenters. The molecular formula is C66H52N6O6Pd2. The predicted octanol–water partition coefficient (Wildman–Crippen LogP) is 15.1. The fourth-order valence-electron chi connectivity index (χ4n) is 10.7. The first-order chi connectivity index (χ1) is 37.7. The molecule has 8 heterocycles. The number of aromatic nitrogens is 6. The number of benzene rings is 6. The summed E-state index contributed by atoms with van der Waals surface area (Å²) in [4.78, 5) is 36.4. The van der Waals surface area contributed by atoms with Gasteiger partial charge in [-0.15, -0.1) is 41.5 Å². The molecule has 0 saturated heterocycles. The van der Waals surface area contributed by atoms with Crippen LogP contribution < -0.4 is 9.47 Å². The van der Waals surface area contributed by atoms with E-state index in [-0.39, 0.29) is 51.7 Å². The zero-order valence-electron chi connectivity index (χ0n) is 44.3. The van der Waals surface area contributed by atoms with Crippen LogP contribution in [0, 0.1) is 12.1 Å². The van der Waals surface area contributed by atoms with Gasteiger partial charge in [0.1, 0.15) is 22.8 Å². The minimum atomic E-state index is -0.833. The Morgan fingerprint density at radius 2 is 0.988 bits per heavy atom. The molecule has 2 N–H and O–H groups in total. The second kappa shape index (κ2) is 23.0. The Labute approximate surface area is 490 Å². The Balaban J connectivity index is 0.000000167. The smallest absolute Gasteiger partial charge is 0.503 e.